The summed E-state index contributed by atoms with van der Waals surface area (Å²) < 4.78 is 15.4. The zero-order valence-corrected chi connectivity index (χ0v) is 11.8. The highest BCUT2D eigenvalue weighted by Crippen LogP contribution is 1.88. The third-order valence-electron chi connectivity index (χ3n) is 2.13. The average Bonchev–Trinajstić information content (AvgIpc) is 2.34. The molecule has 6 heteroatoms. The highest BCUT2D eigenvalue weighted by molar-refractivity contribution is 7.80. The van der Waals surface area contributed by atoms with Crippen LogP contribution in [0.1, 0.15) is 13.3 Å². The topological polar surface area (TPSA) is 51.8 Å². The minimum absolute atomic E-state index is 0.0168. The summed E-state index contributed by atoms with van der Waals surface area (Å²) >= 11 is 5.12. The minimum Gasteiger partial charge on any atom is -0.382 e. The summed E-state index contributed by atoms with van der Waals surface area (Å²) in [7, 11) is 3.31. The van der Waals surface area contributed by atoms with Crippen molar-refractivity contribution in [2.45, 2.75) is 19.4 Å². The standard InChI is InChI=1S/C11H24N2O3S/c1-4-16-7-5-6-12-11(17)13-8-10(15-3)9-14-2/h10H,4-9H2,1-3H3,(H2,12,13,17). The second-order valence-corrected chi connectivity index (χ2v) is 3.91. The Balaban J connectivity index is 3.44. The lowest BCUT2D eigenvalue weighted by Crippen LogP contribution is -2.41. The smallest absolute Gasteiger partial charge is 0.166 e. The zero-order valence-electron chi connectivity index (χ0n) is 11.0. The largest absolute Gasteiger partial charge is 0.382 e. The van der Waals surface area contributed by atoms with Crippen LogP contribution in [0.25, 0.3) is 0 Å². The molecule has 0 aromatic heterocycles. The van der Waals surface area contributed by atoms with E-state index >= 15 is 0 Å². The summed E-state index contributed by atoms with van der Waals surface area (Å²) in [6.45, 7) is 5.51. The Labute approximate surface area is 109 Å². The normalized spacial score (nSPS) is 12.2. The first-order valence-corrected chi connectivity index (χ1v) is 6.26. The molecule has 0 rings (SSSR count). The van der Waals surface area contributed by atoms with E-state index in [4.69, 9.17) is 26.4 Å². The van der Waals surface area contributed by atoms with Crippen molar-refractivity contribution in [2.75, 3.05) is 47.1 Å². The molecule has 0 saturated carbocycles. The monoisotopic (exact) mass is 264 g/mol. The van der Waals surface area contributed by atoms with Gasteiger partial charge in [-0.3, -0.25) is 0 Å². The maximum absolute atomic E-state index is 5.22. The highest BCUT2D eigenvalue weighted by atomic mass is 32.1. The van der Waals surface area contributed by atoms with Gasteiger partial charge in [-0.1, -0.05) is 0 Å². The lowest BCUT2D eigenvalue weighted by atomic mass is 10.4. The Hall–Kier alpha value is -0.430. The number of ether oxygens (including phenoxy) is 3. The number of methoxy groups -OCH3 is 2. The van der Waals surface area contributed by atoms with Crippen molar-refractivity contribution in [3.8, 4) is 0 Å². The van der Waals surface area contributed by atoms with Gasteiger partial charge in [0, 0.05) is 40.5 Å². The first kappa shape index (κ1) is 16.6. The third-order valence-corrected chi connectivity index (χ3v) is 2.42. The van der Waals surface area contributed by atoms with Gasteiger partial charge in [-0.25, -0.2) is 0 Å². The van der Waals surface area contributed by atoms with E-state index in [-0.39, 0.29) is 6.10 Å². The molecule has 1 atom stereocenters. The fraction of sp³-hybridized carbons (Fsp3) is 0.909. The van der Waals surface area contributed by atoms with Crippen LogP contribution in [0.2, 0.25) is 0 Å². The second-order valence-electron chi connectivity index (χ2n) is 3.50. The fourth-order valence-electron chi connectivity index (χ4n) is 1.19. The molecule has 102 valence electrons. The molecule has 17 heavy (non-hydrogen) atoms. The van der Waals surface area contributed by atoms with Crippen molar-refractivity contribution in [2.24, 2.45) is 0 Å². The van der Waals surface area contributed by atoms with Crippen LogP contribution in [-0.2, 0) is 14.2 Å². The van der Waals surface area contributed by atoms with Crippen molar-refractivity contribution < 1.29 is 14.2 Å². The first-order chi connectivity index (χ1) is 8.24. The molecule has 0 amide bonds. The molecule has 0 aliphatic carbocycles. The Bertz CT molecular complexity index is 194. The van der Waals surface area contributed by atoms with E-state index in [0.717, 1.165) is 26.2 Å². The van der Waals surface area contributed by atoms with E-state index in [9.17, 15) is 0 Å². The van der Waals surface area contributed by atoms with Gasteiger partial charge in [0.15, 0.2) is 5.11 Å². The fourth-order valence-corrected chi connectivity index (χ4v) is 1.37. The number of nitrogens with one attached hydrogen (secondary N) is 2. The molecule has 0 heterocycles. The van der Waals surface area contributed by atoms with Gasteiger partial charge < -0.3 is 24.8 Å². The van der Waals surface area contributed by atoms with E-state index in [1.54, 1.807) is 14.2 Å². The molecule has 0 aromatic rings. The SMILES string of the molecule is CCOCCCNC(=S)NCC(COC)OC. The Morgan fingerprint density at radius 1 is 1.29 bits per heavy atom. The summed E-state index contributed by atoms with van der Waals surface area (Å²) in [6.07, 6.45) is 0.963. The van der Waals surface area contributed by atoms with Gasteiger partial charge in [0.05, 0.1) is 12.7 Å². The molecular weight excluding hydrogens is 240 g/mol. The summed E-state index contributed by atoms with van der Waals surface area (Å²) in [5.41, 5.74) is 0. The van der Waals surface area contributed by atoms with Gasteiger partial charge in [0.25, 0.3) is 0 Å². The lowest BCUT2D eigenvalue weighted by molar-refractivity contribution is 0.0315. The Morgan fingerprint density at radius 3 is 2.65 bits per heavy atom. The summed E-state index contributed by atoms with van der Waals surface area (Å²) in [5.74, 6) is 0. The summed E-state index contributed by atoms with van der Waals surface area (Å²) in [6, 6.07) is 0. The predicted octanol–water partition coefficient (Wildman–Crippen LogP) is 0.539. The van der Waals surface area contributed by atoms with E-state index < -0.39 is 0 Å². The van der Waals surface area contributed by atoms with Gasteiger partial charge in [-0.15, -0.1) is 0 Å². The first-order valence-electron chi connectivity index (χ1n) is 5.85. The van der Waals surface area contributed by atoms with Crippen molar-refractivity contribution in [3.05, 3.63) is 0 Å². The summed E-state index contributed by atoms with van der Waals surface area (Å²) in [5, 5.41) is 6.83. The van der Waals surface area contributed by atoms with Gasteiger partial charge >= 0.3 is 0 Å². The average molecular weight is 264 g/mol. The van der Waals surface area contributed by atoms with Gasteiger partial charge in [0.1, 0.15) is 0 Å². The van der Waals surface area contributed by atoms with Crippen molar-refractivity contribution >= 4 is 17.3 Å². The van der Waals surface area contributed by atoms with Crippen molar-refractivity contribution in [1.82, 2.24) is 10.6 Å². The Morgan fingerprint density at radius 2 is 2.06 bits per heavy atom. The van der Waals surface area contributed by atoms with Crippen LogP contribution in [-0.4, -0.2) is 58.3 Å². The number of rotatable bonds is 10. The molecule has 1 unspecified atom stereocenters. The zero-order chi connectivity index (χ0) is 12.9. The van der Waals surface area contributed by atoms with Crippen molar-refractivity contribution in [1.29, 1.82) is 0 Å². The third kappa shape index (κ3) is 10.4. The molecule has 0 radical (unpaired) electrons. The Kier molecular flexibility index (Phi) is 11.7. The van der Waals surface area contributed by atoms with Crippen LogP contribution < -0.4 is 10.6 Å². The lowest BCUT2D eigenvalue weighted by Gasteiger charge is -2.16. The van der Waals surface area contributed by atoms with E-state index in [1.165, 1.54) is 0 Å². The number of thiocarbonyl (C=S) groups is 1. The quantitative estimate of drug-likeness (QED) is 0.444. The molecule has 0 fully saturated rings. The molecule has 0 spiro atoms. The van der Waals surface area contributed by atoms with Gasteiger partial charge in [-0.2, -0.15) is 0 Å². The molecular formula is C11H24N2O3S. The molecule has 0 bridgehead atoms. The van der Waals surface area contributed by atoms with Crippen LogP contribution in [0.3, 0.4) is 0 Å². The van der Waals surface area contributed by atoms with Crippen LogP contribution >= 0.6 is 12.2 Å². The summed E-state index contributed by atoms with van der Waals surface area (Å²) in [4.78, 5) is 0. The van der Waals surface area contributed by atoms with Gasteiger partial charge in [0.2, 0.25) is 0 Å². The van der Waals surface area contributed by atoms with Crippen LogP contribution in [0.15, 0.2) is 0 Å². The van der Waals surface area contributed by atoms with Gasteiger partial charge in [-0.05, 0) is 25.6 Å². The minimum atomic E-state index is 0.0168. The molecule has 0 aliphatic rings. The molecule has 2 N–H and O–H groups in total. The molecule has 0 saturated heterocycles. The van der Waals surface area contributed by atoms with E-state index in [1.807, 2.05) is 6.92 Å². The number of hydrogen-bond donors (Lipinski definition) is 2. The van der Waals surface area contributed by atoms with Crippen LogP contribution in [0.4, 0.5) is 0 Å². The van der Waals surface area contributed by atoms with Crippen LogP contribution in [0.5, 0.6) is 0 Å². The highest BCUT2D eigenvalue weighted by Gasteiger charge is 2.06. The van der Waals surface area contributed by atoms with Crippen molar-refractivity contribution in [3.63, 3.8) is 0 Å². The number of hydrogen-bond acceptors (Lipinski definition) is 4. The predicted molar refractivity (Wildman–Crippen MR) is 72.4 cm³/mol. The maximum Gasteiger partial charge on any atom is 0.166 e. The van der Waals surface area contributed by atoms with Crippen LogP contribution in [0, 0.1) is 0 Å². The van der Waals surface area contributed by atoms with E-state index in [2.05, 4.69) is 10.6 Å². The van der Waals surface area contributed by atoms with E-state index in [0.29, 0.717) is 18.3 Å². The molecule has 5 nitrogen and oxygen atoms in total. The maximum atomic E-state index is 5.22. The second kappa shape index (κ2) is 12.0. The molecule has 0 aliphatic heterocycles. The molecule has 0 aromatic carbocycles.